The predicted octanol–water partition coefficient (Wildman–Crippen LogP) is 2.55. The molecule has 0 radical (unpaired) electrons. The molecule has 3 aromatic rings. The molecular weight excluding hydrogens is 362 g/mol. The number of hydrogen-bond acceptors (Lipinski definition) is 9. The van der Waals surface area contributed by atoms with Gasteiger partial charge in [0.05, 0.1) is 27.3 Å². The highest BCUT2D eigenvalue weighted by Gasteiger charge is 2.55. The zero-order valence-corrected chi connectivity index (χ0v) is 15.3. The Bertz CT molecular complexity index is 1080. The van der Waals surface area contributed by atoms with Crippen LogP contribution in [0.15, 0.2) is 48.1 Å². The van der Waals surface area contributed by atoms with Gasteiger partial charge in [0.1, 0.15) is 0 Å². The average molecular weight is 379 g/mol. The molecule has 0 amide bonds. The number of benzene rings is 1. The standard InChI is InChI=1S/C18H17N7OS/c1-25(14-9-18(14)6-2-3-7-20-18)16-22-15(23-17(26)24-16)21-11-4-5-12-13(8-11)27-10-19-12/h2-8,10,14,20H,9H2,1H3,(H2,21,22,23,24,26). The molecule has 1 spiro atoms. The molecule has 1 saturated carbocycles. The van der Waals surface area contributed by atoms with Gasteiger partial charge in [-0.05, 0) is 36.9 Å². The van der Waals surface area contributed by atoms with Gasteiger partial charge in [-0.3, -0.25) is 0 Å². The van der Waals surface area contributed by atoms with E-state index in [2.05, 4.69) is 36.6 Å². The van der Waals surface area contributed by atoms with E-state index in [1.807, 2.05) is 54.0 Å². The molecule has 8 nitrogen and oxygen atoms in total. The molecule has 9 heteroatoms. The SMILES string of the molecule is CN(c1nc(O)nc(Nc2ccc3ncsc3c2)n1)C1CC12C=CC=CN2. The number of aromatic hydroxyl groups is 1. The number of aromatic nitrogens is 4. The van der Waals surface area contributed by atoms with Crippen molar-refractivity contribution < 1.29 is 5.11 Å². The molecule has 2 aromatic heterocycles. The van der Waals surface area contributed by atoms with Crippen molar-refractivity contribution in [3.8, 4) is 6.01 Å². The van der Waals surface area contributed by atoms with E-state index < -0.39 is 0 Å². The Morgan fingerprint density at radius 1 is 1.30 bits per heavy atom. The van der Waals surface area contributed by atoms with Crippen LogP contribution < -0.4 is 15.5 Å². The molecule has 1 aromatic carbocycles. The van der Waals surface area contributed by atoms with Crippen LogP contribution in [0.5, 0.6) is 6.01 Å². The fraction of sp³-hybridized carbons (Fsp3) is 0.222. The first-order valence-electron chi connectivity index (χ1n) is 8.53. The number of dihydropyridines is 1. The lowest BCUT2D eigenvalue weighted by molar-refractivity contribution is 0.428. The molecule has 1 aliphatic carbocycles. The number of nitrogens with one attached hydrogen (secondary N) is 2. The fourth-order valence-corrected chi connectivity index (χ4v) is 4.10. The Labute approximate surface area is 159 Å². The second-order valence-corrected chi connectivity index (χ2v) is 7.54. The lowest BCUT2D eigenvalue weighted by Crippen LogP contribution is -2.37. The molecule has 0 saturated heterocycles. The van der Waals surface area contributed by atoms with Crippen molar-refractivity contribution in [1.82, 2.24) is 25.3 Å². The summed E-state index contributed by atoms with van der Waals surface area (Å²) in [6.45, 7) is 0. The molecule has 27 heavy (non-hydrogen) atoms. The van der Waals surface area contributed by atoms with Gasteiger partial charge in [-0.15, -0.1) is 11.3 Å². The topological polar surface area (TPSA) is 99.1 Å². The zero-order valence-electron chi connectivity index (χ0n) is 14.5. The van der Waals surface area contributed by atoms with Gasteiger partial charge in [-0.1, -0.05) is 12.2 Å². The number of likely N-dealkylation sites (N-methyl/N-ethyl adjacent to an activating group) is 1. The van der Waals surface area contributed by atoms with Crippen LogP contribution in [0.3, 0.4) is 0 Å². The highest BCUT2D eigenvalue weighted by atomic mass is 32.1. The maximum absolute atomic E-state index is 9.99. The number of anilines is 3. The normalized spacial score (nSPS) is 22.8. The van der Waals surface area contributed by atoms with Gasteiger partial charge >= 0.3 is 6.01 Å². The second-order valence-electron chi connectivity index (χ2n) is 6.65. The van der Waals surface area contributed by atoms with Gasteiger partial charge in [0.25, 0.3) is 0 Å². The van der Waals surface area contributed by atoms with Crippen LogP contribution in [0.2, 0.25) is 0 Å². The molecule has 0 bridgehead atoms. The summed E-state index contributed by atoms with van der Waals surface area (Å²) in [5.74, 6) is 0.727. The summed E-state index contributed by atoms with van der Waals surface area (Å²) in [6.07, 6.45) is 9.05. The van der Waals surface area contributed by atoms with Gasteiger partial charge in [0, 0.05) is 12.7 Å². The van der Waals surface area contributed by atoms with Crippen molar-refractivity contribution in [3.05, 3.63) is 48.1 Å². The third-order valence-corrected chi connectivity index (χ3v) is 5.69. The number of rotatable bonds is 4. The zero-order chi connectivity index (χ0) is 18.4. The van der Waals surface area contributed by atoms with Crippen LogP contribution in [-0.4, -0.2) is 43.7 Å². The minimum atomic E-state index is -0.310. The summed E-state index contributed by atoms with van der Waals surface area (Å²) >= 11 is 1.57. The van der Waals surface area contributed by atoms with E-state index in [9.17, 15) is 5.11 Å². The number of fused-ring (bicyclic) bond motifs is 1. The van der Waals surface area contributed by atoms with Gasteiger partial charge in [0.2, 0.25) is 11.9 Å². The van der Waals surface area contributed by atoms with E-state index in [0.29, 0.717) is 11.9 Å². The molecule has 2 atom stereocenters. The number of nitrogens with zero attached hydrogens (tertiary/aromatic N) is 5. The highest BCUT2D eigenvalue weighted by Crippen LogP contribution is 2.43. The third-order valence-electron chi connectivity index (χ3n) is 4.90. The maximum atomic E-state index is 9.99. The van der Waals surface area contributed by atoms with E-state index in [1.54, 1.807) is 11.3 Å². The van der Waals surface area contributed by atoms with Gasteiger partial charge < -0.3 is 20.6 Å². The first-order chi connectivity index (χ1) is 13.1. The fourth-order valence-electron chi connectivity index (χ4n) is 3.38. The third kappa shape index (κ3) is 2.85. The van der Waals surface area contributed by atoms with Gasteiger partial charge in [-0.25, -0.2) is 4.98 Å². The Morgan fingerprint density at radius 2 is 2.22 bits per heavy atom. The van der Waals surface area contributed by atoms with Crippen molar-refractivity contribution in [2.75, 3.05) is 17.3 Å². The molecule has 2 unspecified atom stereocenters. The smallest absolute Gasteiger partial charge is 0.320 e. The Morgan fingerprint density at radius 3 is 3.07 bits per heavy atom. The quantitative estimate of drug-likeness (QED) is 0.636. The van der Waals surface area contributed by atoms with E-state index in [-0.39, 0.29) is 17.6 Å². The highest BCUT2D eigenvalue weighted by molar-refractivity contribution is 7.16. The summed E-state index contributed by atoms with van der Waals surface area (Å²) in [5, 5.41) is 16.5. The van der Waals surface area contributed by atoms with Crippen LogP contribution in [0.4, 0.5) is 17.6 Å². The molecule has 3 N–H and O–H groups in total. The summed E-state index contributed by atoms with van der Waals surface area (Å²) in [6, 6.07) is 5.73. The van der Waals surface area contributed by atoms with Crippen LogP contribution >= 0.6 is 11.3 Å². The summed E-state index contributed by atoms with van der Waals surface area (Å²) < 4.78 is 1.07. The lowest BCUT2D eigenvalue weighted by atomic mass is 10.2. The van der Waals surface area contributed by atoms with E-state index >= 15 is 0 Å². The second kappa shape index (κ2) is 5.92. The first kappa shape index (κ1) is 16.0. The van der Waals surface area contributed by atoms with Crippen molar-refractivity contribution in [3.63, 3.8) is 0 Å². The summed E-state index contributed by atoms with van der Waals surface area (Å²) in [4.78, 5) is 18.8. The van der Waals surface area contributed by atoms with Crippen molar-refractivity contribution >= 4 is 39.1 Å². The number of thiazole rings is 1. The Balaban J connectivity index is 1.39. The minimum absolute atomic E-state index is 0.0868. The van der Waals surface area contributed by atoms with Crippen molar-refractivity contribution in [2.45, 2.75) is 18.0 Å². The molecule has 1 fully saturated rings. The van der Waals surface area contributed by atoms with E-state index in [0.717, 1.165) is 22.3 Å². The van der Waals surface area contributed by atoms with Crippen LogP contribution in [0.1, 0.15) is 6.42 Å². The van der Waals surface area contributed by atoms with Gasteiger partial charge in [0.15, 0.2) is 0 Å². The molecule has 2 aliphatic rings. The molecule has 1 aliphatic heterocycles. The molecule has 3 heterocycles. The van der Waals surface area contributed by atoms with Crippen LogP contribution in [0.25, 0.3) is 10.2 Å². The number of allylic oxidation sites excluding steroid dienone is 2. The predicted molar refractivity (Wildman–Crippen MR) is 105 cm³/mol. The summed E-state index contributed by atoms with van der Waals surface area (Å²) in [7, 11) is 1.93. The Hall–Kier alpha value is -3.20. The first-order valence-corrected chi connectivity index (χ1v) is 9.41. The summed E-state index contributed by atoms with van der Waals surface area (Å²) in [5.41, 5.74) is 3.50. The molecule has 136 valence electrons. The van der Waals surface area contributed by atoms with Crippen molar-refractivity contribution in [2.24, 2.45) is 0 Å². The maximum Gasteiger partial charge on any atom is 0.320 e. The Kier molecular flexibility index (Phi) is 3.51. The monoisotopic (exact) mass is 379 g/mol. The van der Waals surface area contributed by atoms with Crippen LogP contribution in [0, 0.1) is 0 Å². The van der Waals surface area contributed by atoms with Gasteiger partial charge in [-0.2, -0.15) is 15.0 Å². The average Bonchev–Trinajstić information content (AvgIpc) is 3.13. The lowest BCUT2D eigenvalue weighted by Gasteiger charge is -2.23. The van der Waals surface area contributed by atoms with Crippen LogP contribution in [-0.2, 0) is 0 Å². The largest absolute Gasteiger partial charge is 0.479 e. The van der Waals surface area contributed by atoms with E-state index in [1.165, 1.54) is 0 Å². The molecular formula is C18H17N7OS. The van der Waals surface area contributed by atoms with Crippen molar-refractivity contribution in [1.29, 1.82) is 0 Å². The molecule has 5 rings (SSSR count). The number of hydrogen-bond donors (Lipinski definition) is 3. The minimum Gasteiger partial charge on any atom is -0.479 e. The van der Waals surface area contributed by atoms with E-state index in [4.69, 9.17) is 0 Å².